The Bertz CT molecular complexity index is 731. The molecular weight excluding hydrogens is 334 g/mol. The van der Waals surface area contributed by atoms with Crippen molar-refractivity contribution >= 4 is 12.0 Å². The highest BCUT2D eigenvalue weighted by Crippen LogP contribution is 2.18. The van der Waals surface area contributed by atoms with Gasteiger partial charge in [-0.3, -0.25) is 4.79 Å². The summed E-state index contributed by atoms with van der Waals surface area (Å²) in [6.45, 7) is 0.538. The molecule has 1 aliphatic carbocycles. The molecule has 27 heavy (non-hydrogen) atoms. The minimum Gasteiger partial charge on any atom is -0.489 e. The van der Waals surface area contributed by atoms with Gasteiger partial charge in [-0.2, -0.15) is 0 Å². The predicted octanol–water partition coefficient (Wildman–Crippen LogP) is 5.51. The molecule has 1 N–H and O–H groups in total. The third-order valence-electron chi connectivity index (χ3n) is 4.99. The Hall–Kier alpha value is -2.55. The summed E-state index contributed by atoms with van der Waals surface area (Å²) < 4.78 is 5.85. The Morgan fingerprint density at radius 1 is 0.963 bits per heavy atom. The van der Waals surface area contributed by atoms with Gasteiger partial charge in [0.25, 0.3) is 0 Å². The number of nitrogens with one attached hydrogen (secondary N) is 1. The molecule has 0 spiro atoms. The van der Waals surface area contributed by atoms with Crippen molar-refractivity contribution < 1.29 is 9.53 Å². The maximum Gasteiger partial charge on any atom is 0.244 e. The summed E-state index contributed by atoms with van der Waals surface area (Å²) in [5, 5.41) is 3.16. The van der Waals surface area contributed by atoms with Gasteiger partial charge in [0, 0.05) is 12.1 Å². The second-order valence-corrected chi connectivity index (χ2v) is 7.23. The van der Waals surface area contributed by atoms with Gasteiger partial charge in [0.2, 0.25) is 5.91 Å². The lowest BCUT2D eigenvalue weighted by atomic mass is 9.97. The first kappa shape index (κ1) is 19.2. The van der Waals surface area contributed by atoms with Gasteiger partial charge in [-0.15, -0.1) is 0 Å². The first-order valence-electron chi connectivity index (χ1n) is 10.0. The molecule has 3 nitrogen and oxygen atoms in total. The number of hydrogen-bond acceptors (Lipinski definition) is 2. The summed E-state index contributed by atoms with van der Waals surface area (Å²) in [5.41, 5.74) is 2.10. The zero-order valence-corrected chi connectivity index (χ0v) is 15.9. The van der Waals surface area contributed by atoms with E-state index in [1.165, 1.54) is 32.1 Å². The lowest BCUT2D eigenvalue weighted by Crippen LogP contribution is -2.34. The van der Waals surface area contributed by atoms with Crippen LogP contribution in [0.3, 0.4) is 0 Å². The minimum absolute atomic E-state index is 0.00354. The molecule has 0 atom stereocenters. The van der Waals surface area contributed by atoms with Crippen LogP contribution in [0.2, 0.25) is 0 Å². The zero-order chi connectivity index (χ0) is 18.7. The van der Waals surface area contributed by atoms with Crippen molar-refractivity contribution in [2.75, 3.05) is 0 Å². The van der Waals surface area contributed by atoms with Crippen molar-refractivity contribution in [1.29, 1.82) is 0 Å². The van der Waals surface area contributed by atoms with Gasteiger partial charge < -0.3 is 10.1 Å². The number of ether oxygens (including phenoxy) is 1. The first-order chi connectivity index (χ1) is 13.3. The van der Waals surface area contributed by atoms with E-state index in [0.717, 1.165) is 29.7 Å². The predicted molar refractivity (Wildman–Crippen MR) is 110 cm³/mol. The molecule has 1 fully saturated rings. The molecule has 3 rings (SSSR count). The highest BCUT2D eigenvalue weighted by Gasteiger charge is 2.12. The molecule has 1 amide bonds. The zero-order valence-electron chi connectivity index (χ0n) is 15.9. The molecule has 0 radical (unpaired) electrons. The largest absolute Gasteiger partial charge is 0.489 e. The van der Waals surface area contributed by atoms with Crippen LogP contribution < -0.4 is 10.1 Å². The van der Waals surface area contributed by atoms with Crippen molar-refractivity contribution in [2.45, 2.75) is 57.6 Å². The molecule has 0 unspecified atom stereocenters. The quantitative estimate of drug-likeness (QED) is 0.688. The van der Waals surface area contributed by atoms with Gasteiger partial charge in [0.1, 0.15) is 12.4 Å². The van der Waals surface area contributed by atoms with Gasteiger partial charge in [-0.1, -0.05) is 74.6 Å². The van der Waals surface area contributed by atoms with Crippen LogP contribution in [0.1, 0.15) is 56.1 Å². The Labute approximate surface area is 162 Å². The summed E-state index contributed by atoms with van der Waals surface area (Å²) >= 11 is 0. The van der Waals surface area contributed by atoms with Gasteiger partial charge in [0.05, 0.1) is 0 Å². The third kappa shape index (κ3) is 6.93. The van der Waals surface area contributed by atoms with Crippen LogP contribution >= 0.6 is 0 Å². The van der Waals surface area contributed by atoms with E-state index in [4.69, 9.17) is 4.74 Å². The van der Waals surface area contributed by atoms with Crippen LogP contribution in [-0.4, -0.2) is 11.9 Å². The van der Waals surface area contributed by atoms with E-state index in [9.17, 15) is 4.79 Å². The average Bonchev–Trinajstić information content (AvgIpc) is 2.68. The van der Waals surface area contributed by atoms with Crippen LogP contribution in [0.4, 0.5) is 0 Å². The summed E-state index contributed by atoms with van der Waals surface area (Å²) in [6.07, 6.45) is 12.0. The topological polar surface area (TPSA) is 38.3 Å². The second kappa shape index (κ2) is 10.6. The standard InChI is InChI=1S/C24H29NO2/c26-24(25-22-13-7-2-1-3-8-14-22)17-16-20-12-9-15-23(18-20)27-19-21-10-5-4-6-11-21/h4-6,9-12,15-18,22H,1-3,7-8,13-14,19H2,(H,25,26)/b17-16+. The summed E-state index contributed by atoms with van der Waals surface area (Å²) in [4.78, 5) is 12.2. The van der Waals surface area contributed by atoms with Crippen LogP contribution in [0.25, 0.3) is 6.08 Å². The normalized spacial score (nSPS) is 15.9. The molecule has 1 saturated carbocycles. The molecule has 1 aliphatic rings. The van der Waals surface area contributed by atoms with E-state index in [2.05, 4.69) is 5.32 Å². The Kier molecular flexibility index (Phi) is 7.52. The van der Waals surface area contributed by atoms with Crippen molar-refractivity contribution in [2.24, 2.45) is 0 Å². The van der Waals surface area contributed by atoms with Crippen molar-refractivity contribution in [3.63, 3.8) is 0 Å². The van der Waals surface area contributed by atoms with E-state index >= 15 is 0 Å². The highest BCUT2D eigenvalue weighted by molar-refractivity contribution is 5.91. The van der Waals surface area contributed by atoms with Gasteiger partial charge >= 0.3 is 0 Å². The van der Waals surface area contributed by atoms with E-state index in [0.29, 0.717) is 12.6 Å². The molecule has 2 aromatic carbocycles. The van der Waals surface area contributed by atoms with Crippen molar-refractivity contribution in [1.82, 2.24) is 5.32 Å². The van der Waals surface area contributed by atoms with Gasteiger partial charge in [0.15, 0.2) is 0 Å². The van der Waals surface area contributed by atoms with Crippen LogP contribution in [0.5, 0.6) is 5.75 Å². The van der Waals surface area contributed by atoms with Crippen molar-refractivity contribution in [3.05, 3.63) is 71.8 Å². The molecule has 0 bridgehead atoms. The van der Waals surface area contributed by atoms with Crippen LogP contribution in [-0.2, 0) is 11.4 Å². The summed E-state index contributed by atoms with van der Waals surface area (Å²) in [7, 11) is 0. The maximum atomic E-state index is 12.2. The smallest absolute Gasteiger partial charge is 0.244 e. The molecule has 142 valence electrons. The third-order valence-corrected chi connectivity index (χ3v) is 4.99. The highest BCUT2D eigenvalue weighted by atomic mass is 16.5. The first-order valence-corrected chi connectivity index (χ1v) is 10.0. The fraction of sp³-hybridized carbons (Fsp3) is 0.375. The molecule has 0 saturated heterocycles. The fourth-order valence-corrected chi connectivity index (χ4v) is 3.47. The molecule has 0 aliphatic heterocycles. The molecule has 0 aromatic heterocycles. The lowest BCUT2D eigenvalue weighted by molar-refractivity contribution is -0.117. The van der Waals surface area contributed by atoms with E-state index in [-0.39, 0.29) is 5.91 Å². The molecule has 2 aromatic rings. The number of carbonyl (C=O) groups excluding carboxylic acids is 1. The van der Waals surface area contributed by atoms with Gasteiger partial charge in [-0.25, -0.2) is 0 Å². The SMILES string of the molecule is O=C(/C=C/c1cccc(OCc2ccccc2)c1)NC1CCCCCCC1. The number of amides is 1. The Balaban J connectivity index is 1.51. The van der Waals surface area contributed by atoms with Crippen LogP contribution in [0.15, 0.2) is 60.7 Å². The van der Waals surface area contributed by atoms with Gasteiger partial charge in [-0.05, 0) is 42.2 Å². The molecule has 0 heterocycles. The summed E-state index contributed by atoms with van der Waals surface area (Å²) in [6, 6.07) is 18.3. The number of carbonyl (C=O) groups is 1. The average molecular weight is 364 g/mol. The monoisotopic (exact) mass is 363 g/mol. The Morgan fingerprint density at radius 2 is 1.70 bits per heavy atom. The van der Waals surface area contributed by atoms with E-state index in [1.54, 1.807) is 6.08 Å². The number of rotatable bonds is 6. The fourth-order valence-electron chi connectivity index (χ4n) is 3.47. The minimum atomic E-state index is -0.00354. The maximum absolute atomic E-state index is 12.2. The second-order valence-electron chi connectivity index (χ2n) is 7.23. The molecular formula is C24H29NO2. The summed E-state index contributed by atoms with van der Waals surface area (Å²) in [5.74, 6) is 0.803. The number of benzene rings is 2. The molecule has 3 heteroatoms. The van der Waals surface area contributed by atoms with Crippen LogP contribution in [0, 0.1) is 0 Å². The lowest BCUT2D eigenvalue weighted by Gasteiger charge is -2.20. The van der Waals surface area contributed by atoms with Crippen molar-refractivity contribution in [3.8, 4) is 5.75 Å². The van der Waals surface area contributed by atoms with E-state index in [1.807, 2.05) is 60.7 Å². The number of hydrogen-bond donors (Lipinski definition) is 1. The Morgan fingerprint density at radius 3 is 2.48 bits per heavy atom. The van der Waals surface area contributed by atoms with E-state index < -0.39 is 0 Å².